The summed E-state index contributed by atoms with van der Waals surface area (Å²) in [6.07, 6.45) is 2.60. The summed E-state index contributed by atoms with van der Waals surface area (Å²) >= 11 is 0. The van der Waals surface area contributed by atoms with Crippen molar-refractivity contribution in [2.45, 2.75) is 53.1 Å². The van der Waals surface area contributed by atoms with Crippen LogP contribution in [0.2, 0.25) is 0 Å². The van der Waals surface area contributed by atoms with Crippen LogP contribution in [0.4, 0.5) is 5.69 Å². The molecule has 2 rings (SSSR count). The van der Waals surface area contributed by atoms with Crippen molar-refractivity contribution >= 4 is 17.5 Å². The summed E-state index contributed by atoms with van der Waals surface area (Å²) in [6.45, 7) is 10.1. The largest absolute Gasteiger partial charge is 0.335 e. The van der Waals surface area contributed by atoms with Gasteiger partial charge in [-0.2, -0.15) is 0 Å². The Bertz CT molecular complexity index is 866. The topological polar surface area (TPSA) is 74.3 Å². The molecule has 1 aromatic carbocycles. The van der Waals surface area contributed by atoms with Gasteiger partial charge < -0.3 is 10.2 Å². The van der Waals surface area contributed by atoms with Gasteiger partial charge in [-0.25, -0.2) is 0 Å². The van der Waals surface area contributed by atoms with E-state index in [1.165, 1.54) is 4.90 Å². The number of anilines is 1. The lowest BCUT2D eigenvalue weighted by Gasteiger charge is -2.29. The van der Waals surface area contributed by atoms with Crippen LogP contribution in [0.3, 0.4) is 0 Å². The van der Waals surface area contributed by atoms with E-state index in [0.717, 1.165) is 28.9 Å². The first-order chi connectivity index (χ1) is 14.2. The molecule has 2 atom stereocenters. The second kappa shape index (κ2) is 10.9. The molecule has 0 aliphatic carbocycles. The number of rotatable bonds is 9. The van der Waals surface area contributed by atoms with Gasteiger partial charge in [-0.05, 0) is 49.4 Å². The zero-order chi connectivity index (χ0) is 22.3. The van der Waals surface area contributed by atoms with Crippen LogP contribution in [0, 0.1) is 12.8 Å². The molecule has 0 fully saturated rings. The molecule has 2 unspecified atom stereocenters. The van der Waals surface area contributed by atoms with Crippen molar-refractivity contribution in [1.29, 1.82) is 0 Å². The Balaban J connectivity index is 2.00. The Labute approximate surface area is 180 Å². The molecule has 0 bridgehead atoms. The van der Waals surface area contributed by atoms with Crippen molar-refractivity contribution in [2.24, 2.45) is 5.92 Å². The number of benzene rings is 1. The van der Waals surface area contributed by atoms with Crippen molar-refractivity contribution in [1.82, 2.24) is 15.2 Å². The summed E-state index contributed by atoms with van der Waals surface area (Å²) in [7, 11) is 1.65. The lowest BCUT2D eigenvalue weighted by molar-refractivity contribution is -0.135. The number of para-hydroxylation sites is 1. The van der Waals surface area contributed by atoms with E-state index in [9.17, 15) is 9.59 Å². The van der Waals surface area contributed by atoms with Crippen LogP contribution in [0.25, 0.3) is 0 Å². The lowest BCUT2D eigenvalue weighted by Crippen LogP contribution is -2.47. The fraction of sp³-hybridized carbons (Fsp3) is 0.458. The van der Waals surface area contributed by atoms with Crippen LogP contribution in [-0.2, 0) is 16.0 Å². The first-order valence-electron chi connectivity index (χ1n) is 10.5. The number of hydrogen-bond acceptors (Lipinski definition) is 4. The van der Waals surface area contributed by atoms with E-state index in [4.69, 9.17) is 0 Å². The van der Waals surface area contributed by atoms with Gasteiger partial charge in [0.05, 0.1) is 24.3 Å². The molecule has 0 aliphatic heterocycles. The molecule has 2 aromatic rings. The number of aromatic nitrogens is 1. The minimum Gasteiger partial charge on any atom is -0.335 e. The normalized spacial score (nSPS) is 13.0. The van der Waals surface area contributed by atoms with Crippen molar-refractivity contribution in [3.63, 3.8) is 0 Å². The first kappa shape index (κ1) is 23.5. The third kappa shape index (κ3) is 6.13. The quantitative estimate of drug-likeness (QED) is 0.661. The lowest BCUT2D eigenvalue weighted by atomic mass is 9.96. The molecule has 1 heterocycles. The van der Waals surface area contributed by atoms with Gasteiger partial charge in [-0.3, -0.25) is 19.9 Å². The smallest absolute Gasteiger partial charge is 0.243 e. The molecule has 2 amide bonds. The molecule has 0 aliphatic rings. The number of nitrogens with zero attached hydrogens (tertiary/aromatic N) is 2. The van der Waals surface area contributed by atoms with Crippen LogP contribution in [-0.4, -0.2) is 41.3 Å². The molecule has 30 heavy (non-hydrogen) atoms. The minimum atomic E-state index is -0.445. The molecule has 162 valence electrons. The summed E-state index contributed by atoms with van der Waals surface area (Å²) in [5.74, 6) is -0.0823. The Kier molecular flexibility index (Phi) is 8.54. The van der Waals surface area contributed by atoms with Crippen molar-refractivity contribution < 1.29 is 9.59 Å². The maximum absolute atomic E-state index is 12.9. The Hall–Kier alpha value is -2.73. The predicted molar refractivity (Wildman–Crippen MR) is 121 cm³/mol. The summed E-state index contributed by atoms with van der Waals surface area (Å²) in [5.41, 5.74) is 3.90. The van der Waals surface area contributed by atoms with Crippen LogP contribution < -0.4 is 10.6 Å². The maximum Gasteiger partial charge on any atom is 0.243 e. The Morgan fingerprint density at radius 1 is 1.10 bits per heavy atom. The summed E-state index contributed by atoms with van der Waals surface area (Å²) in [4.78, 5) is 31.4. The molecule has 0 saturated heterocycles. The van der Waals surface area contributed by atoms with E-state index in [1.54, 1.807) is 13.2 Å². The SMILES string of the molecule is CCc1ccccc1NC(=O)CN(C)C(=O)C(C)NC(c1ncccc1C)C(C)C. The summed E-state index contributed by atoms with van der Waals surface area (Å²) in [5, 5.41) is 6.33. The summed E-state index contributed by atoms with van der Waals surface area (Å²) in [6, 6.07) is 11.1. The highest BCUT2D eigenvalue weighted by Gasteiger charge is 2.26. The molecular weight excluding hydrogens is 376 g/mol. The van der Waals surface area contributed by atoms with E-state index in [0.29, 0.717) is 0 Å². The van der Waals surface area contributed by atoms with Gasteiger partial charge in [-0.1, -0.05) is 45.0 Å². The number of likely N-dealkylation sites (N-methyl/N-ethyl adjacent to an activating group) is 1. The van der Waals surface area contributed by atoms with E-state index in [2.05, 4.69) is 29.5 Å². The van der Waals surface area contributed by atoms with Crippen LogP contribution in [0.15, 0.2) is 42.6 Å². The zero-order valence-corrected chi connectivity index (χ0v) is 18.9. The Morgan fingerprint density at radius 2 is 1.80 bits per heavy atom. The fourth-order valence-corrected chi connectivity index (χ4v) is 3.52. The average Bonchev–Trinajstić information content (AvgIpc) is 2.72. The molecule has 2 N–H and O–H groups in total. The van der Waals surface area contributed by atoms with Gasteiger partial charge in [0.25, 0.3) is 0 Å². The van der Waals surface area contributed by atoms with Crippen LogP contribution in [0.1, 0.15) is 50.6 Å². The van der Waals surface area contributed by atoms with Gasteiger partial charge in [0, 0.05) is 18.9 Å². The van der Waals surface area contributed by atoms with Gasteiger partial charge in [0.2, 0.25) is 11.8 Å². The molecule has 6 nitrogen and oxygen atoms in total. The monoisotopic (exact) mass is 410 g/mol. The zero-order valence-electron chi connectivity index (χ0n) is 18.9. The van der Waals surface area contributed by atoms with E-state index in [1.807, 2.05) is 57.2 Å². The van der Waals surface area contributed by atoms with Gasteiger partial charge >= 0.3 is 0 Å². The van der Waals surface area contributed by atoms with Gasteiger partial charge in [0.1, 0.15) is 0 Å². The molecule has 0 spiro atoms. The number of aryl methyl sites for hydroxylation is 2. The highest BCUT2D eigenvalue weighted by Crippen LogP contribution is 2.23. The van der Waals surface area contributed by atoms with E-state index >= 15 is 0 Å². The number of carbonyl (C=O) groups is 2. The summed E-state index contributed by atoms with van der Waals surface area (Å²) < 4.78 is 0. The maximum atomic E-state index is 12.9. The van der Waals surface area contributed by atoms with Gasteiger partial charge in [-0.15, -0.1) is 0 Å². The number of amides is 2. The fourth-order valence-electron chi connectivity index (χ4n) is 3.52. The van der Waals surface area contributed by atoms with Crippen LogP contribution in [0.5, 0.6) is 0 Å². The molecule has 0 saturated carbocycles. The predicted octanol–water partition coefficient (Wildman–Crippen LogP) is 3.72. The number of hydrogen-bond donors (Lipinski definition) is 2. The highest BCUT2D eigenvalue weighted by atomic mass is 16.2. The van der Waals surface area contributed by atoms with E-state index < -0.39 is 6.04 Å². The second-order valence-electron chi connectivity index (χ2n) is 8.07. The molecular formula is C24H34N4O2. The van der Waals surface area contributed by atoms with Crippen LogP contribution >= 0.6 is 0 Å². The average molecular weight is 411 g/mol. The van der Waals surface area contributed by atoms with Gasteiger partial charge in [0.15, 0.2) is 0 Å². The number of nitrogens with one attached hydrogen (secondary N) is 2. The van der Waals surface area contributed by atoms with Crippen molar-refractivity contribution in [2.75, 3.05) is 18.9 Å². The second-order valence-corrected chi connectivity index (χ2v) is 8.07. The highest BCUT2D eigenvalue weighted by molar-refractivity contribution is 5.95. The van der Waals surface area contributed by atoms with Crippen molar-refractivity contribution in [3.05, 3.63) is 59.4 Å². The standard InChI is InChI=1S/C24H34N4O2/c1-7-19-12-8-9-13-20(19)27-21(29)15-28(6)24(30)18(5)26-22(16(2)3)23-17(4)11-10-14-25-23/h8-14,16,18,22,26H,7,15H2,1-6H3,(H,27,29). The Morgan fingerprint density at radius 3 is 2.43 bits per heavy atom. The van der Waals surface area contributed by atoms with Crippen molar-refractivity contribution in [3.8, 4) is 0 Å². The first-order valence-corrected chi connectivity index (χ1v) is 10.5. The third-order valence-corrected chi connectivity index (χ3v) is 5.24. The number of pyridine rings is 1. The molecule has 0 radical (unpaired) electrons. The molecule has 6 heteroatoms. The number of carbonyl (C=O) groups excluding carboxylic acids is 2. The third-order valence-electron chi connectivity index (χ3n) is 5.24. The minimum absolute atomic E-state index is 0.00212. The molecule has 1 aromatic heterocycles. The van der Waals surface area contributed by atoms with E-state index in [-0.39, 0.29) is 30.3 Å².